The smallest absolute Gasteiger partial charge is 0.163 e. The van der Waals surface area contributed by atoms with Gasteiger partial charge in [0.15, 0.2) is 5.78 Å². The van der Waals surface area contributed by atoms with E-state index >= 15 is 0 Å². The summed E-state index contributed by atoms with van der Waals surface area (Å²) in [4.78, 5) is 12.2. The largest absolute Gasteiger partial charge is 0.385 e. The van der Waals surface area contributed by atoms with Crippen LogP contribution in [0.1, 0.15) is 55.5 Å². The molecule has 0 amide bonds. The van der Waals surface area contributed by atoms with E-state index in [1.54, 1.807) is 0 Å². The summed E-state index contributed by atoms with van der Waals surface area (Å²) in [5, 5.41) is 3.38. The van der Waals surface area contributed by atoms with Crippen molar-refractivity contribution in [2.24, 2.45) is 5.92 Å². The van der Waals surface area contributed by atoms with E-state index in [4.69, 9.17) is 0 Å². The Hall–Kier alpha value is -1.31. The van der Waals surface area contributed by atoms with Crippen molar-refractivity contribution in [1.29, 1.82) is 0 Å². The molecule has 1 aliphatic rings. The maximum atomic E-state index is 12.2. The molecule has 0 fully saturated rings. The van der Waals surface area contributed by atoms with Crippen molar-refractivity contribution in [3.63, 3.8) is 0 Å². The van der Waals surface area contributed by atoms with E-state index in [-0.39, 0.29) is 0 Å². The molecule has 1 atom stereocenters. The van der Waals surface area contributed by atoms with Crippen LogP contribution in [-0.2, 0) is 6.42 Å². The molecule has 2 rings (SSSR count). The van der Waals surface area contributed by atoms with Gasteiger partial charge in [-0.2, -0.15) is 0 Å². The molecule has 98 valence electrons. The van der Waals surface area contributed by atoms with Gasteiger partial charge in [0.25, 0.3) is 0 Å². The number of Topliss-reactive ketones (excluding diaryl/α,β-unsaturated/α-hetero) is 1. The highest BCUT2D eigenvalue weighted by Gasteiger charge is 2.14. The van der Waals surface area contributed by atoms with Crippen molar-refractivity contribution < 1.29 is 4.79 Å². The number of nitrogens with one attached hydrogen (secondary N) is 1. The minimum atomic E-state index is 0.296. The average molecular weight is 245 g/mol. The van der Waals surface area contributed by atoms with E-state index in [1.165, 1.54) is 11.3 Å². The van der Waals surface area contributed by atoms with Crippen molar-refractivity contribution in [1.82, 2.24) is 0 Å². The monoisotopic (exact) mass is 245 g/mol. The molecule has 0 aliphatic carbocycles. The first-order valence-corrected chi connectivity index (χ1v) is 7.10. The molecule has 2 nitrogen and oxygen atoms in total. The zero-order valence-electron chi connectivity index (χ0n) is 11.5. The lowest BCUT2D eigenvalue weighted by molar-refractivity contribution is 0.0962. The quantitative estimate of drug-likeness (QED) is 0.793. The Morgan fingerprint density at radius 3 is 3.06 bits per heavy atom. The number of rotatable bonds is 5. The zero-order chi connectivity index (χ0) is 13.0. The van der Waals surface area contributed by atoms with Crippen molar-refractivity contribution in [2.75, 3.05) is 11.9 Å². The highest BCUT2D eigenvalue weighted by Crippen LogP contribution is 2.24. The predicted octanol–water partition coefficient (Wildman–Crippen LogP) is 4.05. The third-order valence-electron chi connectivity index (χ3n) is 3.68. The molecule has 0 bridgehead atoms. The standard InChI is InChI=1S/C16H23NO/c1-3-5-12(2)10-16(18)14-7-8-15-13(11-14)6-4-9-17-15/h7-8,11-12,17H,3-6,9-10H2,1-2H3. The molecule has 1 aromatic rings. The summed E-state index contributed by atoms with van der Waals surface area (Å²) < 4.78 is 0. The number of hydrogen-bond acceptors (Lipinski definition) is 2. The lowest BCUT2D eigenvalue weighted by atomic mass is 9.93. The molecular formula is C16H23NO. The van der Waals surface area contributed by atoms with E-state index in [9.17, 15) is 4.79 Å². The molecule has 0 saturated carbocycles. The number of aryl methyl sites for hydroxylation is 1. The van der Waals surface area contributed by atoms with Gasteiger partial charge in [-0.25, -0.2) is 0 Å². The van der Waals surface area contributed by atoms with Crippen LogP contribution in [-0.4, -0.2) is 12.3 Å². The molecule has 0 saturated heterocycles. The Morgan fingerprint density at radius 2 is 2.28 bits per heavy atom. The molecule has 1 heterocycles. The van der Waals surface area contributed by atoms with Crippen molar-refractivity contribution in [3.8, 4) is 0 Å². The molecule has 2 heteroatoms. The fourth-order valence-electron chi connectivity index (χ4n) is 2.68. The maximum Gasteiger partial charge on any atom is 0.163 e. The normalized spacial score (nSPS) is 15.7. The van der Waals surface area contributed by atoms with E-state index < -0.39 is 0 Å². The Kier molecular flexibility index (Phi) is 4.40. The molecule has 0 spiro atoms. The first-order valence-electron chi connectivity index (χ1n) is 7.10. The summed E-state index contributed by atoms with van der Waals surface area (Å²) in [6, 6.07) is 6.12. The number of benzene rings is 1. The summed E-state index contributed by atoms with van der Waals surface area (Å²) >= 11 is 0. The maximum absolute atomic E-state index is 12.2. The lowest BCUT2D eigenvalue weighted by Gasteiger charge is -2.18. The van der Waals surface area contributed by atoms with Crippen LogP contribution in [0.5, 0.6) is 0 Å². The van der Waals surface area contributed by atoms with E-state index in [1.807, 2.05) is 6.07 Å². The Bertz CT molecular complexity index is 425. The molecule has 18 heavy (non-hydrogen) atoms. The summed E-state index contributed by atoms with van der Waals surface area (Å²) in [6.45, 7) is 5.39. The number of fused-ring (bicyclic) bond motifs is 1. The number of ketones is 1. The fraction of sp³-hybridized carbons (Fsp3) is 0.562. The second-order valence-corrected chi connectivity index (χ2v) is 5.42. The number of hydrogen-bond donors (Lipinski definition) is 1. The zero-order valence-corrected chi connectivity index (χ0v) is 11.5. The summed E-state index contributed by atoms with van der Waals surface area (Å²) in [6.07, 6.45) is 5.23. The highest BCUT2D eigenvalue weighted by atomic mass is 16.1. The van der Waals surface area contributed by atoms with Crippen molar-refractivity contribution >= 4 is 11.5 Å². The van der Waals surface area contributed by atoms with Crippen LogP contribution in [0.3, 0.4) is 0 Å². The molecule has 1 unspecified atom stereocenters. The Balaban J connectivity index is 2.06. The second kappa shape index (κ2) is 6.03. The van der Waals surface area contributed by atoms with Gasteiger partial charge in [-0.3, -0.25) is 4.79 Å². The summed E-state index contributed by atoms with van der Waals surface area (Å²) in [5.74, 6) is 0.793. The topological polar surface area (TPSA) is 29.1 Å². The van der Waals surface area contributed by atoms with Gasteiger partial charge < -0.3 is 5.32 Å². The highest BCUT2D eigenvalue weighted by molar-refractivity contribution is 5.96. The van der Waals surface area contributed by atoms with Gasteiger partial charge in [0.1, 0.15) is 0 Å². The summed E-state index contributed by atoms with van der Waals surface area (Å²) in [5.41, 5.74) is 3.40. The average Bonchev–Trinajstić information content (AvgIpc) is 2.38. The minimum absolute atomic E-state index is 0.296. The number of anilines is 1. The van der Waals surface area contributed by atoms with E-state index in [2.05, 4.69) is 31.3 Å². The van der Waals surface area contributed by atoms with Crippen LogP contribution in [0.15, 0.2) is 18.2 Å². The lowest BCUT2D eigenvalue weighted by Crippen LogP contribution is -2.13. The molecule has 0 aromatic heterocycles. The van der Waals surface area contributed by atoms with Crippen LogP contribution >= 0.6 is 0 Å². The molecule has 1 aromatic carbocycles. The Morgan fingerprint density at radius 1 is 1.44 bits per heavy atom. The van der Waals surface area contributed by atoms with Crippen LogP contribution in [0.4, 0.5) is 5.69 Å². The van der Waals surface area contributed by atoms with Gasteiger partial charge >= 0.3 is 0 Å². The SMILES string of the molecule is CCCC(C)CC(=O)c1ccc2c(c1)CCCN2. The first kappa shape index (κ1) is 13.1. The summed E-state index contributed by atoms with van der Waals surface area (Å²) in [7, 11) is 0. The van der Waals surface area contributed by atoms with Gasteiger partial charge in [-0.05, 0) is 42.5 Å². The van der Waals surface area contributed by atoms with Crippen molar-refractivity contribution in [3.05, 3.63) is 29.3 Å². The van der Waals surface area contributed by atoms with Crippen LogP contribution in [0, 0.1) is 5.92 Å². The Labute approximate surface area is 110 Å². The second-order valence-electron chi connectivity index (χ2n) is 5.42. The molecular weight excluding hydrogens is 222 g/mol. The molecule has 1 N–H and O–H groups in total. The van der Waals surface area contributed by atoms with Gasteiger partial charge in [-0.1, -0.05) is 26.7 Å². The third kappa shape index (κ3) is 3.12. The number of carbonyl (C=O) groups excluding carboxylic acids is 1. The van der Waals surface area contributed by atoms with E-state index in [0.29, 0.717) is 18.1 Å². The van der Waals surface area contributed by atoms with Gasteiger partial charge in [0.05, 0.1) is 0 Å². The van der Waals surface area contributed by atoms with Gasteiger partial charge in [0.2, 0.25) is 0 Å². The van der Waals surface area contributed by atoms with Gasteiger partial charge in [0, 0.05) is 24.2 Å². The van der Waals surface area contributed by atoms with Gasteiger partial charge in [-0.15, -0.1) is 0 Å². The third-order valence-corrected chi connectivity index (χ3v) is 3.68. The van der Waals surface area contributed by atoms with Crippen LogP contribution in [0.25, 0.3) is 0 Å². The van der Waals surface area contributed by atoms with E-state index in [0.717, 1.165) is 37.8 Å². The van der Waals surface area contributed by atoms with Crippen molar-refractivity contribution in [2.45, 2.75) is 46.0 Å². The van der Waals surface area contributed by atoms with Crippen LogP contribution in [0.2, 0.25) is 0 Å². The van der Waals surface area contributed by atoms with Crippen LogP contribution < -0.4 is 5.32 Å². The predicted molar refractivity (Wildman–Crippen MR) is 76.3 cm³/mol. The first-order chi connectivity index (χ1) is 8.70. The fourth-order valence-corrected chi connectivity index (χ4v) is 2.68. The number of carbonyl (C=O) groups is 1. The molecule has 1 aliphatic heterocycles. The molecule has 0 radical (unpaired) electrons. The minimum Gasteiger partial charge on any atom is -0.385 e.